The molecule has 20 heavy (non-hydrogen) atoms. The van der Waals surface area contributed by atoms with Crippen LogP contribution in [0.25, 0.3) is 0 Å². The van der Waals surface area contributed by atoms with Crippen LogP contribution in [0.1, 0.15) is 23.6 Å². The first-order chi connectivity index (χ1) is 9.63. The van der Waals surface area contributed by atoms with Gasteiger partial charge in [0.15, 0.2) is 0 Å². The molecule has 2 aromatic carbocycles. The first-order valence-corrected chi connectivity index (χ1v) is 6.90. The highest BCUT2D eigenvalue weighted by Gasteiger charge is 2.06. The zero-order valence-electron chi connectivity index (χ0n) is 11.3. The van der Waals surface area contributed by atoms with Crippen molar-refractivity contribution in [1.82, 2.24) is 0 Å². The number of hydrogen-bond donors (Lipinski definition) is 1. The van der Waals surface area contributed by atoms with Gasteiger partial charge in [-0.1, -0.05) is 24.6 Å². The van der Waals surface area contributed by atoms with Crippen LogP contribution in [0.5, 0.6) is 5.75 Å². The van der Waals surface area contributed by atoms with E-state index in [0.717, 1.165) is 22.6 Å². The van der Waals surface area contributed by atoms with E-state index in [9.17, 15) is 4.39 Å². The average molecular weight is 294 g/mol. The van der Waals surface area contributed by atoms with Crippen LogP contribution in [-0.2, 0) is 19.6 Å². The summed E-state index contributed by atoms with van der Waals surface area (Å²) in [4.78, 5) is 0. The van der Waals surface area contributed by atoms with E-state index in [1.54, 1.807) is 24.3 Å². The minimum atomic E-state index is -0.285. The lowest BCUT2D eigenvalue weighted by molar-refractivity contribution is 0.299. The largest absolute Gasteiger partial charge is 0.489 e. The van der Waals surface area contributed by atoms with Gasteiger partial charge in [-0.05, 0) is 47.9 Å². The van der Waals surface area contributed by atoms with Gasteiger partial charge < -0.3 is 10.5 Å². The molecular formula is C16H17ClFNO. The van der Waals surface area contributed by atoms with Crippen LogP contribution in [0.2, 0.25) is 5.02 Å². The molecular weight excluding hydrogens is 277 g/mol. The van der Waals surface area contributed by atoms with Gasteiger partial charge >= 0.3 is 0 Å². The maximum atomic E-state index is 13.7. The molecule has 0 aliphatic carbocycles. The third-order valence-electron chi connectivity index (χ3n) is 3.14. The van der Waals surface area contributed by atoms with E-state index in [1.807, 2.05) is 13.0 Å². The monoisotopic (exact) mass is 293 g/mol. The lowest BCUT2D eigenvalue weighted by atomic mass is 10.1. The molecule has 0 aliphatic heterocycles. The summed E-state index contributed by atoms with van der Waals surface area (Å²) in [6.07, 6.45) is 0.826. The topological polar surface area (TPSA) is 35.2 Å². The lowest BCUT2D eigenvalue weighted by Crippen LogP contribution is -2.02. The number of nitrogens with two attached hydrogens (primary N) is 1. The number of benzene rings is 2. The second kappa shape index (κ2) is 6.73. The predicted octanol–water partition coefficient (Wildman–Crippen LogP) is 4.08. The normalized spacial score (nSPS) is 10.6. The quantitative estimate of drug-likeness (QED) is 0.901. The van der Waals surface area contributed by atoms with Crippen molar-refractivity contribution in [2.24, 2.45) is 5.73 Å². The van der Waals surface area contributed by atoms with Crippen molar-refractivity contribution < 1.29 is 9.13 Å². The minimum Gasteiger partial charge on any atom is -0.489 e. The van der Waals surface area contributed by atoms with Crippen LogP contribution in [0.15, 0.2) is 36.4 Å². The van der Waals surface area contributed by atoms with Gasteiger partial charge in [-0.15, -0.1) is 0 Å². The molecule has 0 bridgehead atoms. The van der Waals surface area contributed by atoms with Gasteiger partial charge in [-0.25, -0.2) is 4.39 Å². The molecule has 0 spiro atoms. The van der Waals surface area contributed by atoms with Crippen molar-refractivity contribution in [3.05, 3.63) is 63.9 Å². The molecule has 0 aliphatic rings. The molecule has 0 radical (unpaired) electrons. The van der Waals surface area contributed by atoms with Crippen LogP contribution < -0.4 is 10.5 Å². The molecule has 0 unspecified atom stereocenters. The highest BCUT2D eigenvalue weighted by molar-refractivity contribution is 6.31. The van der Waals surface area contributed by atoms with Crippen molar-refractivity contribution in [1.29, 1.82) is 0 Å². The smallest absolute Gasteiger partial charge is 0.129 e. The Kier molecular flexibility index (Phi) is 4.99. The molecule has 0 aromatic heterocycles. The summed E-state index contributed by atoms with van der Waals surface area (Å²) in [6.45, 7) is 2.58. The molecule has 2 rings (SSSR count). The summed E-state index contributed by atoms with van der Waals surface area (Å²) in [5, 5.41) is 0.719. The number of halogens is 2. The highest BCUT2D eigenvalue weighted by Crippen LogP contribution is 2.23. The molecule has 2 aromatic rings. The Labute approximate surface area is 123 Å². The van der Waals surface area contributed by atoms with Crippen LogP contribution in [0.4, 0.5) is 4.39 Å². The van der Waals surface area contributed by atoms with Crippen LogP contribution in [-0.4, -0.2) is 0 Å². The zero-order chi connectivity index (χ0) is 14.5. The summed E-state index contributed by atoms with van der Waals surface area (Å²) in [7, 11) is 0. The Morgan fingerprint density at radius 1 is 1.15 bits per heavy atom. The van der Waals surface area contributed by atoms with E-state index < -0.39 is 0 Å². The predicted molar refractivity (Wildman–Crippen MR) is 79.5 cm³/mol. The molecule has 0 atom stereocenters. The third kappa shape index (κ3) is 3.50. The fraction of sp³-hybridized carbons (Fsp3) is 0.250. The van der Waals surface area contributed by atoms with Gasteiger partial charge in [0, 0.05) is 17.1 Å². The Hall–Kier alpha value is -1.58. The standard InChI is InChI=1S/C16H17ClFNO/c1-2-12-8-14(4-5-15(12)17)20-10-13-7-11(9-19)3-6-16(13)18/h3-8H,2,9-10,19H2,1H3. The van der Waals surface area contributed by atoms with E-state index in [1.165, 1.54) is 6.07 Å². The first-order valence-electron chi connectivity index (χ1n) is 6.52. The van der Waals surface area contributed by atoms with E-state index >= 15 is 0 Å². The average Bonchev–Trinajstić information content (AvgIpc) is 2.47. The zero-order valence-corrected chi connectivity index (χ0v) is 12.1. The Bertz CT molecular complexity index is 601. The van der Waals surface area contributed by atoms with Gasteiger partial charge in [0.25, 0.3) is 0 Å². The summed E-state index contributed by atoms with van der Waals surface area (Å²) in [5.74, 6) is 0.399. The lowest BCUT2D eigenvalue weighted by Gasteiger charge is -2.10. The van der Waals surface area contributed by atoms with Gasteiger partial charge in [0.2, 0.25) is 0 Å². The second-order valence-electron chi connectivity index (χ2n) is 4.53. The van der Waals surface area contributed by atoms with Gasteiger partial charge in [0.1, 0.15) is 18.2 Å². The van der Waals surface area contributed by atoms with Crippen molar-refractivity contribution >= 4 is 11.6 Å². The van der Waals surface area contributed by atoms with Gasteiger partial charge in [0.05, 0.1) is 0 Å². The van der Waals surface area contributed by atoms with Crippen LogP contribution >= 0.6 is 11.6 Å². The second-order valence-corrected chi connectivity index (χ2v) is 4.93. The van der Waals surface area contributed by atoms with E-state index in [-0.39, 0.29) is 12.4 Å². The number of ether oxygens (including phenoxy) is 1. The van der Waals surface area contributed by atoms with Crippen LogP contribution in [0, 0.1) is 5.82 Å². The molecule has 4 heteroatoms. The Morgan fingerprint density at radius 2 is 1.95 bits per heavy atom. The molecule has 106 valence electrons. The minimum absolute atomic E-state index is 0.171. The third-order valence-corrected chi connectivity index (χ3v) is 3.51. The number of aryl methyl sites for hydroxylation is 1. The summed E-state index contributed by atoms with van der Waals surface area (Å²) >= 11 is 6.05. The maximum absolute atomic E-state index is 13.7. The highest BCUT2D eigenvalue weighted by atomic mass is 35.5. The van der Waals surface area contributed by atoms with E-state index in [4.69, 9.17) is 22.1 Å². The van der Waals surface area contributed by atoms with E-state index in [0.29, 0.717) is 17.9 Å². The number of rotatable bonds is 5. The Morgan fingerprint density at radius 3 is 2.65 bits per heavy atom. The van der Waals surface area contributed by atoms with Crippen molar-refractivity contribution in [3.8, 4) is 5.75 Å². The summed E-state index contributed by atoms with van der Waals surface area (Å²) < 4.78 is 19.3. The van der Waals surface area contributed by atoms with Crippen molar-refractivity contribution in [3.63, 3.8) is 0 Å². The van der Waals surface area contributed by atoms with E-state index in [2.05, 4.69) is 0 Å². The summed E-state index contributed by atoms with van der Waals surface area (Å²) in [5.41, 5.74) is 7.95. The molecule has 2 nitrogen and oxygen atoms in total. The Balaban J connectivity index is 2.12. The molecule has 0 heterocycles. The SMILES string of the molecule is CCc1cc(OCc2cc(CN)ccc2F)ccc1Cl. The molecule has 0 saturated heterocycles. The van der Waals surface area contributed by atoms with Gasteiger partial charge in [-0.3, -0.25) is 0 Å². The molecule has 0 fully saturated rings. The fourth-order valence-electron chi connectivity index (χ4n) is 1.94. The molecule has 2 N–H and O–H groups in total. The number of hydrogen-bond acceptors (Lipinski definition) is 2. The summed E-state index contributed by atoms with van der Waals surface area (Å²) in [6, 6.07) is 10.3. The first kappa shape index (κ1) is 14.8. The van der Waals surface area contributed by atoms with Crippen molar-refractivity contribution in [2.45, 2.75) is 26.5 Å². The fourth-order valence-corrected chi connectivity index (χ4v) is 2.19. The van der Waals surface area contributed by atoms with Crippen LogP contribution in [0.3, 0.4) is 0 Å². The molecule has 0 amide bonds. The van der Waals surface area contributed by atoms with Gasteiger partial charge in [-0.2, -0.15) is 0 Å². The molecule has 0 saturated carbocycles. The maximum Gasteiger partial charge on any atom is 0.129 e. The van der Waals surface area contributed by atoms with Crippen molar-refractivity contribution in [2.75, 3.05) is 0 Å².